The Balaban J connectivity index is 1.51. The zero-order valence-electron chi connectivity index (χ0n) is 15.1. The summed E-state index contributed by atoms with van der Waals surface area (Å²) in [6, 6.07) is 7.80. The number of hydrogen-bond acceptors (Lipinski definition) is 5. The lowest BCUT2D eigenvalue weighted by molar-refractivity contribution is -0.118. The van der Waals surface area contributed by atoms with Gasteiger partial charge in [-0.05, 0) is 54.1 Å². The molecule has 1 aromatic heterocycles. The molecule has 144 valence electrons. The number of aromatic nitrogens is 1. The Hall–Kier alpha value is -1.41. The van der Waals surface area contributed by atoms with Gasteiger partial charge in [0.15, 0.2) is 10.0 Å². The van der Waals surface area contributed by atoms with Gasteiger partial charge in [-0.15, -0.1) is 11.3 Å². The average molecular weight is 405 g/mol. The zero-order valence-corrected chi connectivity index (χ0v) is 16.8. The van der Waals surface area contributed by atoms with Gasteiger partial charge in [-0.1, -0.05) is 12.1 Å². The molecule has 0 radical (unpaired) electrons. The van der Waals surface area contributed by atoms with Crippen molar-refractivity contribution in [3.63, 3.8) is 0 Å². The number of ether oxygens (including phenoxy) is 1. The molecule has 7 heteroatoms. The highest BCUT2D eigenvalue weighted by Crippen LogP contribution is 2.35. The number of carbonyl (C=O) groups is 1. The van der Waals surface area contributed by atoms with Gasteiger partial charge in [-0.2, -0.15) is 0 Å². The molecule has 1 aliphatic heterocycles. The van der Waals surface area contributed by atoms with Crippen molar-refractivity contribution < 1.29 is 14.1 Å². The highest BCUT2D eigenvalue weighted by molar-refractivity contribution is 7.92. The average Bonchev–Trinajstić information content (AvgIpc) is 3.44. The van der Waals surface area contributed by atoms with Crippen molar-refractivity contribution in [3.05, 3.63) is 41.4 Å². The van der Waals surface area contributed by atoms with Crippen molar-refractivity contribution >= 4 is 33.6 Å². The van der Waals surface area contributed by atoms with Crippen LogP contribution in [-0.4, -0.2) is 33.9 Å². The van der Waals surface area contributed by atoms with Crippen LogP contribution in [0, 0.1) is 5.92 Å². The van der Waals surface area contributed by atoms with E-state index in [0.717, 1.165) is 55.8 Å². The van der Waals surface area contributed by atoms with Gasteiger partial charge in [0.2, 0.25) is 5.91 Å². The Morgan fingerprint density at radius 1 is 1.26 bits per heavy atom. The second-order valence-electron chi connectivity index (χ2n) is 7.24. The number of anilines is 1. The second-order valence-corrected chi connectivity index (χ2v) is 9.86. The van der Waals surface area contributed by atoms with Crippen LogP contribution in [0.4, 0.5) is 5.13 Å². The maximum atomic E-state index is 13.0. The predicted octanol–water partition coefficient (Wildman–Crippen LogP) is 3.95. The Kier molecular flexibility index (Phi) is 6.12. The molecule has 2 atom stereocenters. The summed E-state index contributed by atoms with van der Waals surface area (Å²) in [5.74, 6) is 0.221. The summed E-state index contributed by atoms with van der Waals surface area (Å²) in [5.41, 5.74) is 0.979. The van der Waals surface area contributed by atoms with Crippen LogP contribution in [0.2, 0.25) is 0 Å². The number of benzene rings is 1. The number of amides is 1. The zero-order chi connectivity index (χ0) is 18.6. The number of nitrogens with one attached hydrogen (secondary N) is 1. The van der Waals surface area contributed by atoms with Crippen LogP contribution >= 0.6 is 11.3 Å². The highest BCUT2D eigenvalue weighted by atomic mass is 32.2. The maximum Gasteiger partial charge on any atom is 0.233 e. The normalized spacial score (nSPS) is 20.2. The van der Waals surface area contributed by atoms with Gasteiger partial charge in [-0.3, -0.25) is 4.79 Å². The topological polar surface area (TPSA) is 74.3 Å². The molecule has 27 heavy (non-hydrogen) atoms. The van der Waals surface area contributed by atoms with Crippen molar-refractivity contribution in [2.75, 3.05) is 18.5 Å². The predicted molar refractivity (Wildman–Crippen MR) is 108 cm³/mol. The molecule has 1 saturated heterocycles. The van der Waals surface area contributed by atoms with Gasteiger partial charge < -0.3 is 14.6 Å². The fraction of sp³-hybridized carbons (Fsp3) is 0.500. The minimum Gasteiger partial charge on any atom is -0.611 e. The Morgan fingerprint density at radius 2 is 2.00 bits per heavy atom. The summed E-state index contributed by atoms with van der Waals surface area (Å²) >= 11 is 0.509. The monoisotopic (exact) mass is 404 g/mol. The van der Waals surface area contributed by atoms with Gasteiger partial charge in [0.25, 0.3) is 0 Å². The molecule has 0 spiro atoms. The van der Waals surface area contributed by atoms with Crippen molar-refractivity contribution in [1.82, 2.24) is 4.98 Å². The summed E-state index contributed by atoms with van der Waals surface area (Å²) in [7, 11) is 0. The van der Waals surface area contributed by atoms with E-state index >= 15 is 0 Å². The van der Waals surface area contributed by atoms with E-state index in [0.29, 0.717) is 16.3 Å². The maximum absolute atomic E-state index is 13.0. The van der Waals surface area contributed by atoms with Crippen molar-refractivity contribution in [1.29, 1.82) is 0 Å². The quantitative estimate of drug-likeness (QED) is 0.709. The number of carbonyl (C=O) groups excluding carboxylic acids is 1. The third-order valence-electron chi connectivity index (χ3n) is 5.23. The molecule has 0 bridgehead atoms. The van der Waals surface area contributed by atoms with Crippen molar-refractivity contribution in [2.24, 2.45) is 5.92 Å². The lowest BCUT2D eigenvalue weighted by Gasteiger charge is -2.26. The van der Waals surface area contributed by atoms with E-state index in [1.807, 2.05) is 29.6 Å². The van der Waals surface area contributed by atoms with Crippen molar-refractivity contribution in [2.45, 2.75) is 48.2 Å². The van der Waals surface area contributed by atoms with E-state index < -0.39 is 11.2 Å². The van der Waals surface area contributed by atoms with Crippen LogP contribution in [0.5, 0.6) is 0 Å². The fourth-order valence-corrected chi connectivity index (χ4v) is 5.38. The van der Waals surface area contributed by atoms with Crippen LogP contribution < -0.4 is 5.32 Å². The van der Waals surface area contributed by atoms with Crippen LogP contribution in [-0.2, 0) is 20.7 Å². The summed E-state index contributed by atoms with van der Waals surface area (Å²) in [6.45, 7) is 1.54. The number of nitrogens with zero attached hydrogens (tertiary/aromatic N) is 1. The number of thiazole rings is 1. The largest absolute Gasteiger partial charge is 0.611 e. The number of rotatable bonds is 7. The molecule has 5 nitrogen and oxygen atoms in total. The third-order valence-corrected chi connectivity index (χ3v) is 7.73. The van der Waals surface area contributed by atoms with Gasteiger partial charge in [0, 0.05) is 37.6 Å². The molecule has 1 aromatic carbocycles. The summed E-state index contributed by atoms with van der Waals surface area (Å²) in [4.78, 5) is 18.0. The lowest BCUT2D eigenvalue weighted by Crippen LogP contribution is -2.26. The van der Waals surface area contributed by atoms with E-state index in [9.17, 15) is 9.35 Å². The Bertz CT molecular complexity index is 741. The Labute approximate surface area is 166 Å². The van der Waals surface area contributed by atoms with E-state index in [1.54, 1.807) is 6.20 Å². The first kappa shape index (κ1) is 18.9. The van der Waals surface area contributed by atoms with Gasteiger partial charge in [0.1, 0.15) is 5.25 Å². The first-order valence-electron chi connectivity index (χ1n) is 9.49. The second kappa shape index (κ2) is 8.73. The fourth-order valence-electron chi connectivity index (χ4n) is 3.50. The first-order chi connectivity index (χ1) is 13.2. The summed E-state index contributed by atoms with van der Waals surface area (Å²) in [6.07, 6.45) is 6.57. The van der Waals surface area contributed by atoms with Gasteiger partial charge >= 0.3 is 0 Å². The molecular formula is C20H24N2O3S2. The summed E-state index contributed by atoms with van der Waals surface area (Å²) < 4.78 is 17.8. The number of hydrogen-bond donors (Lipinski definition) is 1. The smallest absolute Gasteiger partial charge is 0.233 e. The van der Waals surface area contributed by atoms with Crippen LogP contribution in [0.3, 0.4) is 0 Å². The van der Waals surface area contributed by atoms with Gasteiger partial charge in [-0.25, -0.2) is 4.98 Å². The summed E-state index contributed by atoms with van der Waals surface area (Å²) in [5, 5.41) is 5.75. The molecule has 1 saturated carbocycles. The van der Waals surface area contributed by atoms with E-state index in [-0.39, 0.29) is 11.8 Å². The van der Waals surface area contributed by atoms with Gasteiger partial charge in [0.05, 0.1) is 5.92 Å². The van der Waals surface area contributed by atoms with Crippen LogP contribution in [0.25, 0.3) is 0 Å². The third kappa shape index (κ3) is 4.90. The SMILES string of the molecule is O=C(Nc1nccs1)C(CC1CCOCC1)c1ccc([S+]([O-])C2CC2)cc1. The molecule has 1 N–H and O–H groups in total. The molecule has 2 fully saturated rings. The Morgan fingerprint density at radius 3 is 2.63 bits per heavy atom. The molecule has 2 aromatic rings. The van der Waals surface area contributed by atoms with E-state index in [4.69, 9.17) is 4.74 Å². The molecule has 1 aliphatic carbocycles. The molecule has 1 amide bonds. The molecule has 2 heterocycles. The molecule has 2 aliphatic rings. The standard InChI is InChI=1S/C20H24N2O3S2/c23-19(22-20-21-9-12-26-20)18(13-14-7-10-25-11-8-14)15-1-3-16(4-2-15)27(24)17-5-6-17/h1-4,9,12,14,17-18H,5-8,10-11,13H2,(H,21,22,23). The van der Waals surface area contributed by atoms with Crippen molar-refractivity contribution in [3.8, 4) is 0 Å². The first-order valence-corrected chi connectivity index (χ1v) is 11.6. The molecule has 4 rings (SSSR count). The highest BCUT2D eigenvalue weighted by Gasteiger charge is 2.36. The minimum absolute atomic E-state index is 0.0208. The molecule has 2 unspecified atom stereocenters. The van der Waals surface area contributed by atoms with Crippen LogP contribution in [0.1, 0.15) is 43.6 Å². The lowest BCUT2D eigenvalue weighted by atomic mass is 9.84. The van der Waals surface area contributed by atoms with E-state index in [2.05, 4.69) is 10.3 Å². The minimum atomic E-state index is -0.914. The molecular weight excluding hydrogens is 380 g/mol. The van der Waals surface area contributed by atoms with E-state index in [1.165, 1.54) is 11.3 Å². The van der Waals surface area contributed by atoms with Crippen LogP contribution in [0.15, 0.2) is 40.7 Å².